The predicted molar refractivity (Wildman–Crippen MR) is 133 cm³/mol. The molecular weight excluding hydrogens is 454 g/mol. The Labute approximate surface area is 204 Å². The number of nitrogens with one attached hydrogen (secondary N) is 1. The second-order valence-electron chi connectivity index (χ2n) is 8.12. The Morgan fingerprint density at radius 3 is 2.56 bits per heavy atom. The molecule has 178 valence electrons. The minimum atomic E-state index is -0.322. The number of halogens is 1. The molecule has 2 aromatic carbocycles. The molecule has 34 heavy (non-hydrogen) atoms. The lowest BCUT2D eigenvalue weighted by Crippen LogP contribution is -2.32. The maximum absolute atomic E-state index is 13.3. The molecule has 0 aliphatic carbocycles. The number of carbonyl (C=O) groups excluding carboxylic acids is 2. The molecule has 1 fully saturated rings. The van der Waals surface area contributed by atoms with Crippen LogP contribution in [0, 0.1) is 0 Å². The van der Waals surface area contributed by atoms with E-state index < -0.39 is 0 Å². The molecule has 0 saturated carbocycles. The van der Waals surface area contributed by atoms with Gasteiger partial charge in [0.2, 0.25) is 0 Å². The Morgan fingerprint density at radius 2 is 1.85 bits per heavy atom. The number of H-pyrrole nitrogens is 1. The number of benzene rings is 2. The van der Waals surface area contributed by atoms with Gasteiger partial charge in [-0.1, -0.05) is 23.7 Å². The molecule has 1 saturated heterocycles. The lowest BCUT2D eigenvalue weighted by atomic mass is 10.1. The van der Waals surface area contributed by atoms with E-state index in [-0.39, 0.29) is 12.5 Å². The van der Waals surface area contributed by atoms with Crippen LogP contribution < -0.4 is 14.4 Å². The number of ether oxygens (including phenoxy) is 2. The first-order valence-electron chi connectivity index (χ1n) is 11.3. The van der Waals surface area contributed by atoms with Crippen molar-refractivity contribution in [3.63, 3.8) is 0 Å². The van der Waals surface area contributed by atoms with E-state index in [0.29, 0.717) is 40.8 Å². The molecule has 7 nitrogen and oxygen atoms in total. The molecule has 1 aliphatic rings. The summed E-state index contributed by atoms with van der Waals surface area (Å²) in [7, 11) is 1.56. The van der Waals surface area contributed by atoms with Gasteiger partial charge in [-0.2, -0.15) is 0 Å². The van der Waals surface area contributed by atoms with Crippen LogP contribution in [-0.2, 0) is 4.79 Å². The number of amides is 1. The number of nitrogens with zero attached hydrogens (tertiary/aromatic N) is 2. The van der Waals surface area contributed by atoms with Gasteiger partial charge in [0, 0.05) is 29.5 Å². The standard InChI is InChI=1S/C26H28ClN3O4/c1-33-25-17-22(8-9-24(25)34-15-13-29-10-2-3-11-29)30(12-14-31)26(32)23-16-20(18-28-23)19-4-6-21(27)7-5-19/h4-9,14,16-18,28H,2-3,10-13,15H2,1H3. The van der Waals surface area contributed by atoms with Gasteiger partial charge in [0.25, 0.3) is 5.91 Å². The van der Waals surface area contributed by atoms with Crippen molar-refractivity contribution in [1.82, 2.24) is 9.88 Å². The van der Waals surface area contributed by atoms with E-state index in [2.05, 4.69) is 9.88 Å². The molecule has 0 bridgehead atoms. The fraction of sp³-hybridized carbons (Fsp3) is 0.308. The molecule has 1 aliphatic heterocycles. The molecule has 8 heteroatoms. The van der Waals surface area contributed by atoms with Crippen LogP contribution in [0.2, 0.25) is 5.02 Å². The molecule has 4 rings (SSSR count). The number of aromatic amines is 1. The van der Waals surface area contributed by atoms with E-state index >= 15 is 0 Å². The average molecular weight is 482 g/mol. The molecule has 2 heterocycles. The SMILES string of the molecule is COc1cc(N(CC=O)C(=O)c2cc(-c3ccc(Cl)cc3)c[nH]2)ccc1OCCN1CCCC1. The lowest BCUT2D eigenvalue weighted by molar-refractivity contribution is -0.106. The zero-order valence-electron chi connectivity index (χ0n) is 19.1. The number of carbonyl (C=O) groups is 2. The third-order valence-corrected chi connectivity index (χ3v) is 6.17. The summed E-state index contributed by atoms with van der Waals surface area (Å²) in [5.74, 6) is 0.793. The van der Waals surface area contributed by atoms with Crippen molar-refractivity contribution in [2.45, 2.75) is 12.8 Å². The van der Waals surface area contributed by atoms with E-state index in [1.54, 1.807) is 49.7 Å². The van der Waals surface area contributed by atoms with E-state index in [1.165, 1.54) is 17.7 Å². The smallest absolute Gasteiger partial charge is 0.275 e. The first-order valence-corrected chi connectivity index (χ1v) is 11.7. The van der Waals surface area contributed by atoms with E-state index in [4.69, 9.17) is 21.1 Å². The Morgan fingerprint density at radius 1 is 1.09 bits per heavy atom. The summed E-state index contributed by atoms with van der Waals surface area (Å²) in [6.07, 6.45) is 4.93. The van der Waals surface area contributed by atoms with Crippen LogP contribution in [0.1, 0.15) is 23.3 Å². The molecule has 0 unspecified atom stereocenters. The Bertz CT molecular complexity index is 1120. The van der Waals surface area contributed by atoms with Gasteiger partial charge in [0.15, 0.2) is 11.5 Å². The number of rotatable bonds is 10. The molecule has 0 radical (unpaired) electrons. The monoisotopic (exact) mass is 481 g/mol. The normalized spacial score (nSPS) is 13.6. The molecule has 3 aromatic rings. The van der Waals surface area contributed by atoms with Crippen molar-refractivity contribution < 1.29 is 19.1 Å². The minimum Gasteiger partial charge on any atom is -0.493 e. The fourth-order valence-corrected chi connectivity index (χ4v) is 4.21. The van der Waals surface area contributed by atoms with Gasteiger partial charge in [0.05, 0.1) is 13.7 Å². The summed E-state index contributed by atoms with van der Waals surface area (Å²) in [5, 5.41) is 0.644. The number of aromatic nitrogens is 1. The van der Waals surface area contributed by atoms with Crippen molar-refractivity contribution in [2.24, 2.45) is 0 Å². The maximum atomic E-state index is 13.3. The van der Waals surface area contributed by atoms with Gasteiger partial charge in [0.1, 0.15) is 18.6 Å². The third kappa shape index (κ3) is 5.61. The lowest BCUT2D eigenvalue weighted by Gasteiger charge is -2.22. The van der Waals surface area contributed by atoms with Gasteiger partial charge in [-0.05, 0) is 67.4 Å². The van der Waals surface area contributed by atoms with Crippen LogP contribution in [0.15, 0.2) is 54.7 Å². The highest BCUT2D eigenvalue weighted by atomic mass is 35.5. The van der Waals surface area contributed by atoms with Crippen molar-refractivity contribution in [2.75, 3.05) is 44.8 Å². The average Bonchev–Trinajstić information content (AvgIpc) is 3.55. The molecule has 1 N–H and O–H groups in total. The van der Waals surface area contributed by atoms with Gasteiger partial charge in [-0.25, -0.2) is 0 Å². The van der Waals surface area contributed by atoms with E-state index in [0.717, 1.165) is 30.8 Å². The maximum Gasteiger partial charge on any atom is 0.275 e. The predicted octanol–water partition coefficient (Wildman–Crippen LogP) is 4.66. The largest absolute Gasteiger partial charge is 0.493 e. The topological polar surface area (TPSA) is 74.9 Å². The molecule has 1 aromatic heterocycles. The summed E-state index contributed by atoms with van der Waals surface area (Å²) in [4.78, 5) is 31.5. The Kier molecular flexibility index (Phi) is 7.87. The Balaban J connectivity index is 1.50. The molecule has 1 amide bonds. The number of hydrogen-bond donors (Lipinski definition) is 1. The van der Waals surface area contributed by atoms with Crippen LogP contribution in [0.3, 0.4) is 0 Å². The van der Waals surface area contributed by atoms with Gasteiger partial charge < -0.3 is 19.3 Å². The second kappa shape index (κ2) is 11.2. The van der Waals surface area contributed by atoms with Crippen molar-refractivity contribution >= 4 is 29.5 Å². The third-order valence-electron chi connectivity index (χ3n) is 5.92. The van der Waals surface area contributed by atoms with Crippen LogP contribution >= 0.6 is 11.6 Å². The second-order valence-corrected chi connectivity index (χ2v) is 8.56. The van der Waals surface area contributed by atoms with Gasteiger partial charge in [-0.15, -0.1) is 0 Å². The number of aldehydes is 1. The molecule has 0 spiro atoms. The summed E-state index contributed by atoms with van der Waals surface area (Å²) in [6.45, 7) is 3.56. The zero-order chi connectivity index (χ0) is 23.9. The molecule has 0 atom stereocenters. The highest BCUT2D eigenvalue weighted by Crippen LogP contribution is 2.33. The number of anilines is 1. The van der Waals surface area contributed by atoms with Crippen LogP contribution in [0.25, 0.3) is 11.1 Å². The zero-order valence-corrected chi connectivity index (χ0v) is 19.9. The quantitative estimate of drug-likeness (QED) is 0.426. The summed E-state index contributed by atoms with van der Waals surface area (Å²) >= 11 is 5.97. The van der Waals surface area contributed by atoms with Crippen LogP contribution in [0.4, 0.5) is 5.69 Å². The van der Waals surface area contributed by atoms with Crippen molar-refractivity contribution in [3.05, 3.63) is 65.4 Å². The molecular formula is C26H28ClN3O4. The Hall–Kier alpha value is -3.29. The van der Waals surface area contributed by atoms with E-state index in [9.17, 15) is 9.59 Å². The van der Waals surface area contributed by atoms with Gasteiger partial charge >= 0.3 is 0 Å². The first-order chi connectivity index (χ1) is 16.6. The minimum absolute atomic E-state index is 0.0908. The summed E-state index contributed by atoms with van der Waals surface area (Å²) in [5.41, 5.74) is 2.70. The number of likely N-dealkylation sites (tertiary alicyclic amines) is 1. The van der Waals surface area contributed by atoms with Crippen LogP contribution in [-0.4, -0.2) is 62.0 Å². The highest BCUT2D eigenvalue weighted by molar-refractivity contribution is 6.30. The number of hydrogen-bond acceptors (Lipinski definition) is 5. The summed E-state index contributed by atoms with van der Waals surface area (Å²) < 4.78 is 11.4. The summed E-state index contributed by atoms with van der Waals surface area (Å²) in [6, 6.07) is 14.4. The van der Waals surface area contributed by atoms with Gasteiger partial charge in [-0.3, -0.25) is 14.6 Å². The first kappa shape index (κ1) is 23.9. The van der Waals surface area contributed by atoms with Crippen molar-refractivity contribution in [1.29, 1.82) is 0 Å². The highest BCUT2D eigenvalue weighted by Gasteiger charge is 2.21. The van der Waals surface area contributed by atoms with Crippen LogP contribution in [0.5, 0.6) is 11.5 Å². The fourth-order valence-electron chi connectivity index (χ4n) is 4.09. The number of methoxy groups -OCH3 is 1. The van der Waals surface area contributed by atoms with Crippen molar-refractivity contribution in [3.8, 4) is 22.6 Å². The van der Waals surface area contributed by atoms with E-state index in [1.807, 2.05) is 12.1 Å².